The van der Waals surface area contributed by atoms with E-state index < -0.39 is 0 Å². The first-order chi connectivity index (χ1) is 4.33. The van der Waals surface area contributed by atoms with Gasteiger partial charge in [-0.25, -0.2) is 0 Å². The van der Waals surface area contributed by atoms with Gasteiger partial charge in [0.05, 0.1) is 0 Å². The fourth-order valence-electron chi connectivity index (χ4n) is 0.289. The Kier molecular flexibility index (Phi) is 20.6. The van der Waals surface area contributed by atoms with Crippen LogP contribution in [0.15, 0.2) is 12.8 Å². The van der Waals surface area contributed by atoms with E-state index >= 15 is 0 Å². The molecule has 0 saturated heterocycles. The summed E-state index contributed by atoms with van der Waals surface area (Å²) in [7, 11) is 1.81. The van der Waals surface area contributed by atoms with E-state index in [0.29, 0.717) is 0 Å². The molecule has 2 heteroatoms. The minimum Gasteiger partial charge on any atom is -0.394 e. The van der Waals surface area contributed by atoms with E-state index in [1.165, 1.54) is 10.6 Å². The standard InChI is InChI=1S/C3H7N.2C2H5.Al/c1-3-4-2;2*1-2;/h3-4H,1H2,2H3;2*1H2,2H3;. The second kappa shape index (κ2) is 15.7. The lowest BCUT2D eigenvalue weighted by atomic mass is 10.9. The molecule has 0 atom stereocenters. The molecule has 0 aromatic rings. The van der Waals surface area contributed by atoms with Gasteiger partial charge in [0.15, 0.2) is 15.2 Å². The molecule has 53 valence electrons. The molecular formula is C7H17AlN. The minimum absolute atomic E-state index is 0.815. The first-order valence-electron chi connectivity index (χ1n) is 3.43. The lowest BCUT2D eigenvalue weighted by molar-refractivity contribution is 1.11. The third-order valence-corrected chi connectivity index (χ3v) is 1.94. The van der Waals surface area contributed by atoms with E-state index in [1.807, 2.05) is 7.05 Å². The molecule has 0 saturated carbocycles. The predicted molar refractivity (Wildman–Crippen MR) is 46.0 cm³/mol. The van der Waals surface area contributed by atoms with Crippen LogP contribution in [0.25, 0.3) is 0 Å². The van der Waals surface area contributed by atoms with Gasteiger partial charge in [-0.3, -0.25) is 0 Å². The van der Waals surface area contributed by atoms with Crippen molar-refractivity contribution in [1.82, 2.24) is 5.32 Å². The van der Waals surface area contributed by atoms with Crippen molar-refractivity contribution in [2.24, 2.45) is 0 Å². The monoisotopic (exact) mass is 142 g/mol. The van der Waals surface area contributed by atoms with Gasteiger partial charge in [0.25, 0.3) is 0 Å². The Balaban J connectivity index is 0. The zero-order valence-corrected chi connectivity index (χ0v) is 7.93. The Hall–Kier alpha value is 0.0725. The van der Waals surface area contributed by atoms with Crippen LogP contribution >= 0.6 is 0 Å². The zero-order valence-electron chi connectivity index (χ0n) is 6.78. The lowest BCUT2D eigenvalue weighted by Crippen LogP contribution is -1.87. The average molecular weight is 142 g/mol. The maximum Gasteiger partial charge on any atom is 0.198 e. The molecule has 0 aliphatic rings. The second-order valence-electron chi connectivity index (χ2n) is 1.60. The maximum atomic E-state index is 3.37. The van der Waals surface area contributed by atoms with Crippen LogP contribution in [-0.4, -0.2) is 22.3 Å². The van der Waals surface area contributed by atoms with Crippen LogP contribution in [0.5, 0.6) is 0 Å². The number of rotatable bonds is 3. The molecule has 0 heterocycles. The van der Waals surface area contributed by atoms with E-state index in [0.717, 1.165) is 15.2 Å². The van der Waals surface area contributed by atoms with Crippen LogP contribution in [0.2, 0.25) is 10.6 Å². The van der Waals surface area contributed by atoms with Crippen LogP contribution in [0.3, 0.4) is 0 Å². The van der Waals surface area contributed by atoms with E-state index in [4.69, 9.17) is 0 Å². The van der Waals surface area contributed by atoms with Gasteiger partial charge in [-0.2, -0.15) is 0 Å². The van der Waals surface area contributed by atoms with E-state index in [1.54, 1.807) is 6.20 Å². The Morgan fingerprint density at radius 2 is 1.78 bits per heavy atom. The smallest absolute Gasteiger partial charge is 0.198 e. The fourth-order valence-corrected chi connectivity index (χ4v) is 0.866. The lowest BCUT2D eigenvalue weighted by Gasteiger charge is -1.74. The summed E-state index contributed by atoms with van der Waals surface area (Å²) >= 11 is 0.815. The Labute approximate surface area is 65.3 Å². The normalized spacial score (nSPS) is 6.56. The van der Waals surface area contributed by atoms with Crippen LogP contribution < -0.4 is 5.32 Å². The Bertz CT molecular complexity index is 44.2. The summed E-state index contributed by atoms with van der Waals surface area (Å²) in [5.41, 5.74) is 0. The highest BCUT2D eigenvalue weighted by Crippen LogP contribution is 1.77. The van der Waals surface area contributed by atoms with Crippen molar-refractivity contribution in [3.8, 4) is 0 Å². The molecule has 0 bridgehead atoms. The van der Waals surface area contributed by atoms with Crippen molar-refractivity contribution in [3.63, 3.8) is 0 Å². The molecule has 0 spiro atoms. The van der Waals surface area contributed by atoms with Crippen LogP contribution in [-0.2, 0) is 0 Å². The summed E-state index contributed by atoms with van der Waals surface area (Å²) in [6.07, 6.45) is 1.62. The number of nitrogens with one attached hydrogen (secondary N) is 1. The molecule has 0 unspecified atom stereocenters. The Morgan fingerprint density at radius 1 is 1.44 bits per heavy atom. The van der Waals surface area contributed by atoms with Crippen LogP contribution in [0.4, 0.5) is 0 Å². The van der Waals surface area contributed by atoms with Crippen LogP contribution in [0, 0.1) is 0 Å². The molecule has 0 aliphatic heterocycles. The molecular weight excluding hydrogens is 125 g/mol. The van der Waals surface area contributed by atoms with Gasteiger partial charge in [0, 0.05) is 7.05 Å². The van der Waals surface area contributed by atoms with Gasteiger partial charge >= 0.3 is 0 Å². The van der Waals surface area contributed by atoms with Crippen molar-refractivity contribution >= 4 is 15.2 Å². The SMILES string of the molecule is C=CNC.C[CH2][Al][CH2]C. The van der Waals surface area contributed by atoms with Gasteiger partial charge in [-0.05, 0) is 6.20 Å². The molecule has 1 radical (unpaired) electrons. The van der Waals surface area contributed by atoms with Crippen molar-refractivity contribution < 1.29 is 0 Å². The fraction of sp³-hybridized carbons (Fsp3) is 0.714. The maximum absolute atomic E-state index is 3.37. The van der Waals surface area contributed by atoms with Gasteiger partial charge in [0.2, 0.25) is 0 Å². The first-order valence-corrected chi connectivity index (χ1v) is 5.06. The molecule has 0 amide bonds. The highest BCUT2D eigenvalue weighted by Gasteiger charge is 1.74. The molecule has 0 rings (SSSR count). The highest BCUT2D eigenvalue weighted by atomic mass is 27.1. The molecule has 0 aliphatic carbocycles. The van der Waals surface area contributed by atoms with Gasteiger partial charge in [-0.15, -0.1) is 10.6 Å². The predicted octanol–water partition coefficient (Wildman–Crippen LogP) is 1.92. The van der Waals surface area contributed by atoms with E-state index in [2.05, 4.69) is 25.7 Å². The second-order valence-corrected chi connectivity index (χ2v) is 3.81. The summed E-state index contributed by atoms with van der Waals surface area (Å²) in [6, 6.07) is 0. The Morgan fingerprint density at radius 3 is 1.78 bits per heavy atom. The van der Waals surface area contributed by atoms with E-state index in [-0.39, 0.29) is 0 Å². The van der Waals surface area contributed by atoms with Crippen molar-refractivity contribution in [2.45, 2.75) is 24.4 Å². The summed E-state index contributed by atoms with van der Waals surface area (Å²) in [4.78, 5) is 0. The molecule has 1 N–H and O–H groups in total. The van der Waals surface area contributed by atoms with Gasteiger partial charge in [-0.1, -0.05) is 20.4 Å². The molecule has 0 fully saturated rings. The topological polar surface area (TPSA) is 12.0 Å². The average Bonchev–Trinajstić information content (AvgIpc) is 1.91. The third kappa shape index (κ3) is 31.5. The van der Waals surface area contributed by atoms with Gasteiger partial charge in [0.1, 0.15) is 0 Å². The van der Waals surface area contributed by atoms with Crippen molar-refractivity contribution in [1.29, 1.82) is 0 Å². The van der Waals surface area contributed by atoms with Crippen molar-refractivity contribution in [2.75, 3.05) is 7.05 Å². The largest absolute Gasteiger partial charge is 0.394 e. The number of hydrogen-bond acceptors (Lipinski definition) is 1. The highest BCUT2D eigenvalue weighted by molar-refractivity contribution is 6.34. The van der Waals surface area contributed by atoms with E-state index in [9.17, 15) is 0 Å². The molecule has 0 aromatic heterocycles. The summed E-state index contributed by atoms with van der Waals surface area (Å²) in [5.74, 6) is 0. The first kappa shape index (κ1) is 11.8. The van der Waals surface area contributed by atoms with Gasteiger partial charge < -0.3 is 5.32 Å². The summed E-state index contributed by atoms with van der Waals surface area (Å²) in [5, 5.41) is 5.55. The summed E-state index contributed by atoms with van der Waals surface area (Å²) < 4.78 is 0. The zero-order chi connectivity index (χ0) is 7.54. The van der Waals surface area contributed by atoms with Crippen LogP contribution in [0.1, 0.15) is 13.8 Å². The quantitative estimate of drug-likeness (QED) is 0.593. The molecule has 0 aromatic carbocycles. The summed E-state index contributed by atoms with van der Waals surface area (Å²) in [6.45, 7) is 7.87. The molecule has 1 nitrogen and oxygen atoms in total. The number of hydrogen-bond donors (Lipinski definition) is 1. The minimum atomic E-state index is 0.815. The third-order valence-electron chi connectivity index (χ3n) is 0.781. The van der Waals surface area contributed by atoms with Crippen molar-refractivity contribution in [3.05, 3.63) is 12.8 Å². The molecule has 9 heavy (non-hydrogen) atoms.